The lowest BCUT2D eigenvalue weighted by atomic mass is 10.1. The first kappa shape index (κ1) is 11.3. The topological polar surface area (TPSA) is 28.9 Å². The van der Waals surface area contributed by atoms with Crippen molar-refractivity contribution in [2.24, 2.45) is 7.05 Å². The second-order valence-electron chi connectivity index (χ2n) is 5.03. The Bertz CT molecular complexity index is 953. The molecule has 2 aromatic carbocycles. The second-order valence-corrected chi connectivity index (χ2v) is 5.03. The normalized spacial score (nSPS) is 11.5. The molecule has 0 aliphatic heterocycles. The highest BCUT2D eigenvalue weighted by atomic mass is 16.5. The Morgan fingerprint density at radius 2 is 1.85 bits per heavy atom. The van der Waals surface area contributed by atoms with Crippen molar-refractivity contribution in [3.05, 3.63) is 48.5 Å². The first-order chi connectivity index (χ1) is 9.79. The Balaban J connectivity index is 2.31. The van der Waals surface area contributed by atoms with Crippen LogP contribution in [0.25, 0.3) is 32.8 Å². The van der Waals surface area contributed by atoms with Crippen LogP contribution in [-0.2, 0) is 7.05 Å². The molecule has 0 aliphatic carbocycles. The molecule has 3 heteroatoms. The van der Waals surface area contributed by atoms with Gasteiger partial charge in [-0.15, -0.1) is 0 Å². The van der Waals surface area contributed by atoms with Crippen molar-refractivity contribution in [2.45, 2.75) is 0 Å². The molecule has 0 saturated heterocycles. The SMILES string of the molecule is COc1cccc2[nH]c3cc4ccccc4[n+](C)c3c12. The molecule has 2 heterocycles. The summed E-state index contributed by atoms with van der Waals surface area (Å²) in [4.78, 5) is 3.48. The van der Waals surface area contributed by atoms with Gasteiger partial charge in [-0.05, 0) is 24.3 Å². The lowest BCUT2D eigenvalue weighted by molar-refractivity contribution is -0.616. The third-order valence-corrected chi connectivity index (χ3v) is 3.94. The summed E-state index contributed by atoms with van der Waals surface area (Å²) in [5.74, 6) is 0.902. The zero-order chi connectivity index (χ0) is 13.7. The predicted octanol–water partition coefficient (Wildman–Crippen LogP) is 3.31. The van der Waals surface area contributed by atoms with Gasteiger partial charge in [0.15, 0.2) is 0 Å². The van der Waals surface area contributed by atoms with Gasteiger partial charge in [-0.25, -0.2) is 0 Å². The van der Waals surface area contributed by atoms with Gasteiger partial charge in [-0.3, -0.25) is 0 Å². The summed E-state index contributed by atoms with van der Waals surface area (Å²) in [7, 11) is 3.82. The minimum absolute atomic E-state index is 0.902. The summed E-state index contributed by atoms with van der Waals surface area (Å²) in [6.07, 6.45) is 0. The number of ether oxygens (including phenoxy) is 1. The van der Waals surface area contributed by atoms with E-state index < -0.39 is 0 Å². The molecule has 4 aromatic rings. The Hall–Kier alpha value is -2.55. The molecule has 0 atom stereocenters. The lowest BCUT2D eigenvalue weighted by Crippen LogP contribution is -2.29. The second kappa shape index (κ2) is 3.97. The molecule has 2 aromatic heterocycles. The number of rotatable bonds is 1. The van der Waals surface area contributed by atoms with E-state index in [1.165, 1.54) is 16.4 Å². The Labute approximate surface area is 116 Å². The summed E-state index contributed by atoms with van der Waals surface area (Å²) in [5.41, 5.74) is 4.62. The molecule has 4 rings (SSSR count). The van der Waals surface area contributed by atoms with Crippen molar-refractivity contribution in [3.63, 3.8) is 0 Å². The van der Waals surface area contributed by atoms with Crippen molar-refractivity contribution in [3.8, 4) is 5.75 Å². The van der Waals surface area contributed by atoms with E-state index in [9.17, 15) is 0 Å². The van der Waals surface area contributed by atoms with E-state index in [1.807, 2.05) is 12.1 Å². The average Bonchev–Trinajstić information content (AvgIpc) is 2.85. The third kappa shape index (κ3) is 1.37. The van der Waals surface area contributed by atoms with Crippen LogP contribution in [0.15, 0.2) is 48.5 Å². The van der Waals surface area contributed by atoms with E-state index in [2.05, 4.69) is 53.0 Å². The van der Waals surface area contributed by atoms with E-state index in [1.54, 1.807) is 7.11 Å². The zero-order valence-electron chi connectivity index (χ0n) is 11.5. The Morgan fingerprint density at radius 1 is 1.00 bits per heavy atom. The van der Waals surface area contributed by atoms with Gasteiger partial charge >= 0.3 is 0 Å². The van der Waals surface area contributed by atoms with Crippen LogP contribution in [-0.4, -0.2) is 12.1 Å². The van der Waals surface area contributed by atoms with Crippen LogP contribution in [0.5, 0.6) is 5.75 Å². The number of para-hydroxylation sites is 1. The molecule has 0 unspecified atom stereocenters. The standard InChI is InChI=1S/C17H14N2O/c1-19-14-8-4-3-6-11(14)10-13-17(19)16-12(18-13)7-5-9-15(16)20-2/h3-10H,1-2H3/p+1. The molecular formula is C17H15N2O+. The zero-order valence-corrected chi connectivity index (χ0v) is 11.5. The number of pyridine rings is 1. The Morgan fingerprint density at radius 3 is 2.70 bits per heavy atom. The van der Waals surface area contributed by atoms with Gasteiger partial charge < -0.3 is 9.72 Å². The van der Waals surface area contributed by atoms with Crippen LogP contribution >= 0.6 is 0 Å². The van der Waals surface area contributed by atoms with Crippen molar-refractivity contribution in [2.75, 3.05) is 7.11 Å². The number of nitrogens with one attached hydrogen (secondary N) is 1. The highest BCUT2D eigenvalue weighted by molar-refractivity contribution is 6.08. The first-order valence-corrected chi connectivity index (χ1v) is 6.66. The highest BCUT2D eigenvalue weighted by Crippen LogP contribution is 2.32. The summed E-state index contributed by atoms with van der Waals surface area (Å²) in [6, 6.07) is 16.7. The molecule has 0 bridgehead atoms. The molecule has 0 fully saturated rings. The first-order valence-electron chi connectivity index (χ1n) is 6.66. The number of aromatic nitrogens is 2. The monoisotopic (exact) mass is 263 g/mol. The quantitative estimate of drug-likeness (QED) is 0.524. The van der Waals surface area contributed by atoms with Gasteiger partial charge in [0, 0.05) is 11.5 Å². The third-order valence-electron chi connectivity index (χ3n) is 3.94. The number of methoxy groups -OCH3 is 1. The number of aromatic amines is 1. The number of H-pyrrole nitrogens is 1. The van der Waals surface area contributed by atoms with Gasteiger partial charge in [0.2, 0.25) is 11.0 Å². The Kier molecular flexibility index (Phi) is 2.24. The summed E-state index contributed by atoms with van der Waals surface area (Å²) >= 11 is 0. The van der Waals surface area contributed by atoms with Crippen LogP contribution < -0.4 is 9.30 Å². The van der Waals surface area contributed by atoms with E-state index in [0.29, 0.717) is 0 Å². The smallest absolute Gasteiger partial charge is 0.242 e. The van der Waals surface area contributed by atoms with Gasteiger partial charge in [0.25, 0.3) is 0 Å². The van der Waals surface area contributed by atoms with E-state index in [-0.39, 0.29) is 0 Å². The number of fused-ring (bicyclic) bond motifs is 4. The molecular weight excluding hydrogens is 248 g/mol. The van der Waals surface area contributed by atoms with Crippen LogP contribution in [0.4, 0.5) is 0 Å². The maximum absolute atomic E-state index is 5.53. The van der Waals surface area contributed by atoms with Crippen molar-refractivity contribution < 1.29 is 9.30 Å². The van der Waals surface area contributed by atoms with Crippen molar-refractivity contribution >= 4 is 32.8 Å². The number of nitrogens with zero attached hydrogens (tertiary/aromatic N) is 1. The van der Waals surface area contributed by atoms with Crippen molar-refractivity contribution in [1.82, 2.24) is 4.98 Å². The van der Waals surface area contributed by atoms with Gasteiger partial charge in [0.1, 0.15) is 23.7 Å². The van der Waals surface area contributed by atoms with E-state index >= 15 is 0 Å². The number of aryl methyl sites for hydroxylation is 1. The fourth-order valence-corrected chi connectivity index (χ4v) is 3.03. The number of hydrogen-bond acceptors (Lipinski definition) is 1. The molecule has 98 valence electrons. The van der Waals surface area contributed by atoms with Crippen LogP contribution in [0.3, 0.4) is 0 Å². The number of benzene rings is 2. The van der Waals surface area contributed by atoms with Crippen LogP contribution in [0.1, 0.15) is 0 Å². The van der Waals surface area contributed by atoms with Gasteiger partial charge in [-0.2, -0.15) is 4.57 Å². The minimum atomic E-state index is 0.902. The molecule has 0 spiro atoms. The van der Waals surface area contributed by atoms with E-state index in [0.717, 1.165) is 22.2 Å². The molecule has 3 nitrogen and oxygen atoms in total. The largest absolute Gasteiger partial charge is 0.496 e. The van der Waals surface area contributed by atoms with Gasteiger partial charge in [-0.1, -0.05) is 18.2 Å². The van der Waals surface area contributed by atoms with Crippen molar-refractivity contribution in [1.29, 1.82) is 0 Å². The summed E-state index contributed by atoms with van der Waals surface area (Å²) in [5, 5.41) is 2.37. The maximum atomic E-state index is 5.53. The molecule has 20 heavy (non-hydrogen) atoms. The summed E-state index contributed by atoms with van der Waals surface area (Å²) in [6.45, 7) is 0. The molecule has 0 aliphatic rings. The summed E-state index contributed by atoms with van der Waals surface area (Å²) < 4.78 is 7.76. The minimum Gasteiger partial charge on any atom is -0.496 e. The number of hydrogen-bond donors (Lipinski definition) is 1. The fraction of sp³-hybridized carbons (Fsp3) is 0.118. The van der Waals surface area contributed by atoms with Crippen LogP contribution in [0.2, 0.25) is 0 Å². The molecule has 0 saturated carbocycles. The average molecular weight is 263 g/mol. The fourth-order valence-electron chi connectivity index (χ4n) is 3.03. The molecule has 0 amide bonds. The molecule has 1 N–H and O–H groups in total. The maximum Gasteiger partial charge on any atom is 0.242 e. The highest BCUT2D eigenvalue weighted by Gasteiger charge is 2.19. The van der Waals surface area contributed by atoms with E-state index in [4.69, 9.17) is 4.74 Å². The lowest BCUT2D eigenvalue weighted by Gasteiger charge is -2.01. The van der Waals surface area contributed by atoms with Gasteiger partial charge in [0.05, 0.1) is 12.6 Å². The van der Waals surface area contributed by atoms with Crippen LogP contribution in [0, 0.1) is 0 Å². The molecule has 0 radical (unpaired) electrons. The predicted molar refractivity (Wildman–Crippen MR) is 81.0 cm³/mol.